The smallest absolute Gasteiger partial charge is 0.186 e. The first-order valence-corrected chi connectivity index (χ1v) is 3.84. The zero-order chi connectivity index (χ0) is 9.30. The summed E-state index contributed by atoms with van der Waals surface area (Å²) in [4.78, 5) is 0. The van der Waals surface area contributed by atoms with E-state index in [-0.39, 0.29) is 0 Å². The largest absolute Gasteiger partial charge is 0.385 e. The Hall–Kier alpha value is -0.230. The van der Waals surface area contributed by atoms with Crippen LogP contribution in [0, 0.1) is 0 Å². The molecule has 5 unspecified atom stereocenters. The first kappa shape index (κ1) is 9.85. The molecule has 0 aromatic heterocycles. The van der Waals surface area contributed by atoms with E-state index in [1.54, 1.807) is 6.92 Å². The lowest BCUT2D eigenvalue weighted by Gasteiger charge is -2.37. The van der Waals surface area contributed by atoms with Crippen molar-refractivity contribution in [2.45, 2.75) is 37.6 Å². The highest BCUT2D eigenvalue weighted by molar-refractivity contribution is 4.90. The summed E-state index contributed by atoms with van der Waals surface area (Å²) in [6.45, 7) is 1.65. The monoisotopic (exact) mass is 179 g/mol. The summed E-state index contributed by atoms with van der Waals surface area (Å²) in [7, 11) is 1.35. The minimum absolute atomic E-state index is 0.437. The number of halogens is 1. The van der Waals surface area contributed by atoms with E-state index in [9.17, 15) is 9.50 Å². The van der Waals surface area contributed by atoms with Gasteiger partial charge in [-0.05, 0) is 6.92 Å². The van der Waals surface area contributed by atoms with Crippen molar-refractivity contribution in [1.82, 2.24) is 0 Å². The van der Waals surface area contributed by atoms with Gasteiger partial charge in [-0.25, -0.2) is 4.39 Å². The number of ether oxygens (including phenoxy) is 2. The molecular formula is C7H14FNO3. The van der Waals surface area contributed by atoms with E-state index in [2.05, 4.69) is 0 Å². The van der Waals surface area contributed by atoms with Gasteiger partial charge in [-0.15, -0.1) is 0 Å². The summed E-state index contributed by atoms with van der Waals surface area (Å²) in [5.74, 6) is 0. The molecule has 1 fully saturated rings. The fourth-order valence-corrected chi connectivity index (χ4v) is 1.21. The molecular weight excluding hydrogens is 165 g/mol. The average molecular weight is 179 g/mol. The molecule has 1 aliphatic heterocycles. The van der Waals surface area contributed by atoms with Crippen LogP contribution in [0.25, 0.3) is 0 Å². The lowest BCUT2D eigenvalue weighted by atomic mass is 9.99. The van der Waals surface area contributed by atoms with Gasteiger partial charge in [0.1, 0.15) is 12.3 Å². The zero-order valence-corrected chi connectivity index (χ0v) is 7.11. The van der Waals surface area contributed by atoms with Crippen LogP contribution in [0.15, 0.2) is 0 Å². The van der Waals surface area contributed by atoms with Gasteiger partial charge in [0.2, 0.25) is 0 Å². The number of nitrogens with two attached hydrogens (primary N) is 1. The lowest BCUT2D eigenvalue weighted by Crippen LogP contribution is -2.58. The molecule has 72 valence electrons. The van der Waals surface area contributed by atoms with E-state index in [4.69, 9.17) is 15.2 Å². The third-order valence-corrected chi connectivity index (χ3v) is 2.10. The van der Waals surface area contributed by atoms with Crippen molar-refractivity contribution in [2.24, 2.45) is 5.73 Å². The molecule has 1 saturated heterocycles. The topological polar surface area (TPSA) is 64.7 Å². The van der Waals surface area contributed by atoms with Crippen LogP contribution in [0.5, 0.6) is 0 Å². The second-order valence-electron chi connectivity index (χ2n) is 2.96. The molecule has 5 heteroatoms. The van der Waals surface area contributed by atoms with Gasteiger partial charge < -0.3 is 20.3 Å². The standard InChI is InChI=1S/C7H14FNO3/c1-3-5(9)4(8)6(10)7(11-2)12-3/h3-7,10H,9H2,1-2H3. The van der Waals surface area contributed by atoms with Crippen LogP contribution in [0.2, 0.25) is 0 Å². The molecule has 0 aliphatic carbocycles. The highest BCUT2D eigenvalue weighted by Crippen LogP contribution is 2.21. The first-order chi connectivity index (χ1) is 5.57. The van der Waals surface area contributed by atoms with Gasteiger partial charge in [-0.3, -0.25) is 0 Å². The van der Waals surface area contributed by atoms with Gasteiger partial charge in [0.15, 0.2) is 6.29 Å². The normalized spacial score (nSPS) is 49.2. The minimum Gasteiger partial charge on any atom is -0.385 e. The van der Waals surface area contributed by atoms with Crippen molar-refractivity contribution in [3.63, 3.8) is 0 Å². The number of methoxy groups -OCH3 is 1. The molecule has 0 spiro atoms. The van der Waals surface area contributed by atoms with Crippen LogP contribution in [0.4, 0.5) is 4.39 Å². The van der Waals surface area contributed by atoms with Crippen molar-refractivity contribution in [3.8, 4) is 0 Å². The quantitative estimate of drug-likeness (QED) is 0.564. The SMILES string of the molecule is COC1OC(C)C(N)C(F)C1O. The van der Waals surface area contributed by atoms with Crippen LogP contribution < -0.4 is 5.73 Å². The van der Waals surface area contributed by atoms with E-state index in [0.29, 0.717) is 0 Å². The fraction of sp³-hybridized carbons (Fsp3) is 1.00. The lowest BCUT2D eigenvalue weighted by molar-refractivity contribution is -0.249. The van der Waals surface area contributed by atoms with E-state index >= 15 is 0 Å². The fourth-order valence-electron chi connectivity index (χ4n) is 1.21. The molecule has 1 rings (SSSR count). The van der Waals surface area contributed by atoms with Crippen LogP contribution in [-0.2, 0) is 9.47 Å². The Bertz CT molecular complexity index is 153. The van der Waals surface area contributed by atoms with Crippen molar-refractivity contribution in [2.75, 3.05) is 7.11 Å². The molecule has 4 nitrogen and oxygen atoms in total. The molecule has 12 heavy (non-hydrogen) atoms. The molecule has 0 saturated carbocycles. The summed E-state index contributed by atoms with van der Waals surface area (Å²) in [5.41, 5.74) is 5.41. The van der Waals surface area contributed by atoms with Gasteiger partial charge in [-0.2, -0.15) is 0 Å². The van der Waals surface area contributed by atoms with Gasteiger partial charge in [0, 0.05) is 7.11 Å². The van der Waals surface area contributed by atoms with Crippen LogP contribution in [-0.4, -0.2) is 42.9 Å². The predicted molar refractivity (Wildman–Crippen MR) is 40.2 cm³/mol. The summed E-state index contributed by atoms with van der Waals surface area (Å²) in [6.07, 6.45) is -4.12. The molecule has 0 radical (unpaired) electrons. The number of alkyl halides is 1. The Morgan fingerprint density at radius 3 is 2.67 bits per heavy atom. The van der Waals surface area contributed by atoms with E-state index in [1.807, 2.05) is 0 Å². The highest BCUT2D eigenvalue weighted by atomic mass is 19.1. The highest BCUT2D eigenvalue weighted by Gasteiger charge is 2.42. The predicted octanol–water partition coefficient (Wildman–Crippen LogP) is -0.596. The zero-order valence-electron chi connectivity index (χ0n) is 7.11. The molecule has 0 bridgehead atoms. The first-order valence-electron chi connectivity index (χ1n) is 3.84. The number of hydrogen-bond donors (Lipinski definition) is 2. The Balaban J connectivity index is 2.63. The van der Waals surface area contributed by atoms with Gasteiger partial charge in [0.05, 0.1) is 12.1 Å². The summed E-state index contributed by atoms with van der Waals surface area (Å²) in [5, 5.41) is 9.22. The average Bonchev–Trinajstić information content (AvgIpc) is 2.08. The van der Waals surface area contributed by atoms with E-state index in [1.165, 1.54) is 7.11 Å². The maximum atomic E-state index is 13.1. The Labute approximate surface area is 70.4 Å². The molecule has 0 aromatic carbocycles. The third kappa shape index (κ3) is 1.59. The Morgan fingerprint density at radius 2 is 2.17 bits per heavy atom. The number of aliphatic hydroxyl groups is 1. The third-order valence-electron chi connectivity index (χ3n) is 2.10. The van der Waals surface area contributed by atoms with Crippen LogP contribution >= 0.6 is 0 Å². The van der Waals surface area contributed by atoms with Crippen molar-refractivity contribution >= 4 is 0 Å². The number of rotatable bonds is 1. The van der Waals surface area contributed by atoms with Crippen molar-refractivity contribution in [3.05, 3.63) is 0 Å². The van der Waals surface area contributed by atoms with Gasteiger partial charge in [-0.1, -0.05) is 0 Å². The summed E-state index contributed by atoms with van der Waals surface area (Å²) in [6, 6.07) is -0.786. The second kappa shape index (κ2) is 3.66. The molecule has 0 amide bonds. The van der Waals surface area contributed by atoms with E-state index < -0.39 is 30.7 Å². The second-order valence-corrected chi connectivity index (χ2v) is 2.96. The molecule has 1 aliphatic rings. The maximum absolute atomic E-state index is 13.1. The van der Waals surface area contributed by atoms with Crippen LogP contribution in [0.1, 0.15) is 6.92 Å². The maximum Gasteiger partial charge on any atom is 0.186 e. The number of hydrogen-bond acceptors (Lipinski definition) is 4. The van der Waals surface area contributed by atoms with Gasteiger partial charge >= 0.3 is 0 Å². The van der Waals surface area contributed by atoms with Crippen LogP contribution in [0.3, 0.4) is 0 Å². The molecule has 3 N–H and O–H groups in total. The molecule has 1 heterocycles. The summed E-state index contributed by atoms with van der Waals surface area (Å²) < 4.78 is 22.9. The Morgan fingerprint density at radius 1 is 1.58 bits per heavy atom. The minimum atomic E-state index is -1.49. The summed E-state index contributed by atoms with van der Waals surface area (Å²) >= 11 is 0. The number of aliphatic hydroxyl groups excluding tert-OH is 1. The molecule has 0 aromatic rings. The Kier molecular flexibility index (Phi) is 3.00. The van der Waals surface area contributed by atoms with Crippen molar-refractivity contribution in [1.29, 1.82) is 0 Å². The van der Waals surface area contributed by atoms with E-state index in [0.717, 1.165) is 0 Å². The van der Waals surface area contributed by atoms with Gasteiger partial charge in [0.25, 0.3) is 0 Å². The molecule has 5 atom stereocenters. The van der Waals surface area contributed by atoms with Crippen molar-refractivity contribution < 1.29 is 19.0 Å².